The lowest BCUT2D eigenvalue weighted by Crippen LogP contribution is -2.43. The minimum Gasteiger partial charge on any atom is -0.480 e. The third-order valence-electron chi connectivity index (χ3n) is 2.87. The molecular weight excluding hydrogens is 322 g/mol. The standard InChI is InChI=1S/C14H19N3O5S/c1-6(2)11(19)17-13-8(4-7(3)23-13)12(20)16-9(14(21)22)5-10(15)18/h4,6,9H,5H2,1-3H3,(H2,15,18)(H,16,20)(H,17,19)(H,21,22). The van der Waals surface area contributed by atoms with Crippen molar-refractivity contribution < 1.29 is 24.3 Å². The highest BCUT2D eigenvalue weighted by Crippen LogP contribution is 2.28. The zero-order chi connectivity index (χ0) is 17.7. The quantitative estimate of drug-likeness (QED) is 0.578. The molecule has 0 bridgehead atoms. The largest absolute Gasteiger partial charge is 0.480 e. The molecule has 0 saturated carbocycles. The SMILES string of the molecule is Cc1cc(C(=O)NC(CC(N)=O)C(=O)O)c(NC(=O)C(C)C)s1. The summed E-state index contributed by atoms with van der Waals surface area (Å²) in [5.74, 6) is -3.42. The lowest BCUT2D eigenvalue weighted by atomic mass is 10.1. The van der Waals surface area contributed by atoms with Crippen molar-refractivity contribution in [2.45, 2.75) is 33.2 Å². The first-order valence-electron chi connectivity index (χ1n) is 6.85. The Kier molecular flexibility index (Phi) is 6.26. The number of carbonyl (C=O) groups is 4. The number of nitrogens with one attached hydrogen (secondary N) is 2. The molecule has 1 rings (SSSR count). The van der Waals surface area contributed by atoms with Crippen LogP contribution in [0.15, 0.2) is 6.07 Å². The van der Waals surface area contributed by atoms with Gasteiger partial charge in [-0.25, -0.2) is 4.79 Å². The molecule has 9 heteroatoms. The molecule has 126 valence electrons. The molecule has 0 spiro atoms. The topological polar surface area (TPSA) is 139 Å². The summed E-state index contributed by atoms with van der Waals surface area (Å²) in [5.41, 5.74) is 5.12. The van der Waals surface area contributed by atoms with E-state index in [9.17, 15) is 19.2 Å². The first-order chi connectivity index (χ1) is 10.6. The molecule has 1 unspecified atom stereocenters. The molecule has 0 fully saturated rings. The van der Waals surface area contributed by atoms with Crippen molar-refractivity contribution in [1.29, 1.82) is 0 Å². The summed E-state index contributed by atoms with van der Waals surface area (Å²) in [6.45, 7) is 5.18. The number of primary amides is 1. The maximum Gasteiger partial charge on any atom is 0.326 e. The second kappa shape index (κ2) is 7.73. The Labute approximate surface area is 137 Å². The van der Waals surface area contributed by atoms with Gasteiger partial charge in [0.1, 0.15) is 11.0 Å². The number of thiophene rings is 1. The average molecular weight is 341 g/mol. The van der Waals surface area contributed by atoms with E-state index >= 15 is 0 Å². The second-order valence-electron chi connectivity index (χ2n) is 5.28. The highest BCUT2D eigenvalue weighted by molar-refractivity contribution is 7.16. The summed E-state index contributed by atoms with van der Waals surface area (Å²) in [4.78, 5) is 46.8. The van der Waals surface area contributed by atoms with Gasteiger partial charge in [-0.1, -0.05) is 13.8 Å². The molecule has 1 atom stereocenters. The summed E-state index contributed by atoms with van der Waals surface area (Å²) >= 11 is 1.21. The number of hydrogen-bond donors (Lipinski definition) is 4. The molecule has 1 aromatic rings. The third kappa shape index (κ3) is 5.37. The molecule has 0 saturated heterocycles. The van der Waals surface area contributed by atoms with Crippen molar-refractivity contribution in [3.63, 3.8) is 0 Å². The first-order valence-corrected chi connectivity index (χ1v) is 7.66. The van der Waals surface area contributed by atoms with Gasteiger partial charge in [0.2, 0.25) is 11.8 Å². The number of anilines is 1. The highest BCUT2D eigenvalue weighted by Gasteiger charge is 2.25. The Morgan fingerprint density at radius 2 is 1.91 bits per heavy atom. The Morgan fingerprint density at radius 1 is 1.30 bits per heavy atom. The predicted molar refractivity (Wildman–Crippen MR) is 85.2 cm³/mol. The fourth-order valence-electron chi connectivity index (χ4n) is 1.67. The van der Waals surface area contributed by atoms with E-state index in [-0.39, 0.29) is 17.4 Å². The zero-order valence-corrected chi connectivity index (χ0v) is 13.8. The molecule has 0 aliphatic rings. The van der Waals surface area contributed by atoms with Gasteiger partial charge >= 0.3 is 5.97 Å². The third-order valence-corrected chi connectivity index (χ3v) is 3.84. The van der Waals surface area contributed by atoms with Gasteiger partial charge in [0, 0.05) is 10.8 Å². The molecule has 3 amide bonds. The lowest BCUT2D eigenvalue weighted by molar-refractivity contribution is -0.140. The Morgan fingerprint density at radius 3 is 2.39 bits per heavy atom. The van der Waals surface area contributed by atoms with E-state index in [0.29, 0.717) is 5.00 Å². The molecular formula is C14H19N3O5S. The van der Waals surface area contributed by atoms with Gasteiger partial charge in [0.25, 0.3) is 5.91 Å². The minimum atomic E-state index is -1.42. The van der Waals surface area contributed by atoms with Crippen LogP contribution >= 0.6 is 11.3 Å². The van der Waals surface area contributed by atoms with Crippen LogP contribution in [0.1, 0.15) is 35.5 Å². The Balaban J connectivity index is 2.96. The molecule has 8 nitrogen and oxygen atoms in total. The van der Waals surface area contributed by atoms with Gasteiger partial charge in [-0.15, -0.1) is 11.3 Å². The Hall–Kier alpha value is -2.42. The smallest absolute Gasteiger partial charge is 0.326 e. The number of aliphatic carboxylic acids is 1. The molecule has 0 aliphatic carbocycles. The number of amides is 3. The van der Waals surface area contributed by atoms with Crippen molar-refractivity contribution in [2.24, 2.45) is 11.7 Å². The molecule has 1 heterocycles. The van der Waals surface area contributed by atoms with E-state index < -0.39 is 30.2 Å². The summed E-state index contributed by atoms with van der Waals surface area (Å²) in [6, 6.07) is 0.118. The number of nitrogens with two attached hydrogens (primary N) is 1. The van der Waals surface area contributed by atoms with Crippen LogP contribution in [-0.4, -0.2) is 34.8 Å². The zero-order valence-electron chi connectivity index (χ0n) is 13.0. The number of aryl methyl sites for hydroxylation is 1. The van der Waals surface area contributed by atoms with Crippen LogP contribution in [0.5, 0.6) is 0 Å². The van der Waals surface area contributed by atoms with Crippen LogP contribution in [0, 0.1) is 12.8 Å². The maximum atomic E-state index is 12.3. The number of hydrogen-bond acceptors (Lipinski definition) is 5. The predicted octanol–water partition coefficient (Wildman–Crippen LogP) is 0.709. The monoisotopic (exact) mass is 341 g/mol. The van der Waals surface area contributed by atoms with Gasteiger partial charge < -0.3 is 21.5 Å². The van der Waals surface area contributed by atoms with Crippen LogP contribution in [-0.2, 0) is 14.4 Å². The summed E-state index contributed by atoms with van der Waals surface area (Å²) in [6.07, 6.45) is -0.516. The molecule has 5 N–H and O–H groups in total. The summed E-state index contributed by atoms with van der Waals surface area (Å²) < 4.78 is 0. The van der Waals surface area contributed by atoms with Crippen LogP contribution < -0.4 is 16.4 Å². The van der Waals surface area contributed by atoms with E-state index in [0.717, 1.165) is 4.88 Å². The Bertz CT molecular complexity index is 638. The summed E-state index contributed by atoms with van der Waals surface area (Å²) in [7, 11) is 0. The van der Waals surface area contributed by atoms with Gasteiger partial charge in [0.05, 0.1) is 12.0 Å². The van der Waals surface area contributed by atoms with Gasteiger partial charge in [-0.05, 0) is 13.0 Å². The second-order valence-corrected chi connectivity index (χ2v) is 6.53. The van der Waals surface area contributed by atoms with Crippen LogP contribution in [0.2, 0.25) is 0 Å². The fraction of sp³-hybridized carbons (Fsp3) is 0.429. The van der Waals surface area contributed by atoms with Gasteiger partial charge in [-0.2, -0.15) is 0 Å². The number of carboxylic acids is 1. The van der Waals surface area contributed by atoms with E-state index in [1.165, 1.54) is 11.3 Å². The fourth-order valence-corrected chi connectivity index (χ4v) is 2.58. The normalized spacial score (nSPS) is 11.8. The van der Waals surface area contributed by atoms with E-state index in [1.54, 1.807) is 26.8 Å². The van der Waals surface area contributed by atoms with Crippen LogP contribution in [0.4, 0.5) is 5.00 Å². The molecule has 0 aromatic carbocycles. The average Bonchev–Trinajstić information content (AvgIpc) is 2.78. The van der Waals surface area contributed by atoms with Crippen molar-refractivity contribution >= 4 is 40.0 Å². The van der Waals surface area contributed by atoms with Crippen molar-refractivity contribution in [2.75, 3.05) is 5.32 Å². The number of carboxylic acid groups (broad SMARTS) is 1. The molecule has 0 aliphatic heterocycles. The minimum absolute atomic E-state index is 0.150. The van der Waals surface area contributed by atoms with Crippen molar-refractivity contribution in [1.82, 2.24) is 5.32 Å². The summed E-state index contributed by atoms with van der Waals surface area (Å²) in [5, 5.41) is 14.2. The molecule has 0 radical (unpaired) electrons. The van der Waals surface area contributed by atoms with Crippen LogP contribution in [0.25, 0.3) is 0 Å². The highest BCUT2D eigenvalue weighted by atomic mass is 32.1. The van der Waals surface area contributed by atoms with Gasteiger partial charge in [0.15, 0.2) is 0 Å². The number of carbonyl (C=O) groups excluding carboxylic acids is 3. The molecule has 23 heavy (non-hydrogen) atoms. The van der Waals surface area contributed by atoms with E-state index in [4.69, 9.17) is 10.8 Å². The lowest BCUT2D eigenvalue weighted by Gasteiger charge is -2.13. The van der Waals surface area contributed by atoms with Crippen molar-refractivity contribution in [3.8, 4) is 0 Å². The van der Waals surface area contributed by atoms with Crippen LogP contribution in [0.3, 0.4) is 0 Å². The van der Waals surface area contributed by atoms with E-state index in [1.807, 2.05) is 0 Å². The van der Waals surface area contributed by atoms with E-state index in [2.05, 4.69) is 10.6 Å². The number of rotatable bonds is 7. The van der Waals surface area contributed by atoms with Crippen molar-refractivity contribution in [3.05, 3.63) is 16.5 Å². The van der Waals surface area contributed by atoms with Gasteiger partial charge in [-0.3, -0.25) is 14.4 Å². The maximum absolute atomic E-state index is 12.3. The first kappa shape index (κ1) is 18.6. The molecule has 1 aromatic heterocycles.